The van der Waals surface area contributed by atoms with Crippen molar-refractivity contribution in [1.82, 2.24) is 4.57 Å². The van der Waals surface area contributed by atoms with Crippen LogP contribution in [0.1, 0.15) is 51.3 Å². The molecule has 18 heavy (non-hydrogen) atoms. The molecule has 4 nitrogen and oxygen atoms in total. The summed E-state index contributed by atoms with van der Waals surface area (Å²) in [5.41, 5.74) is 0.945. The van der Waals surface area contributed by atoms with Crippen molar-refractivity contribution in [3.63, 3.8) is 0 Å². The summed E-state index contributed by atoms with van der Waals surface area (Å²) < 4.78 is 6.93. The van der Waals surface area contributed by atoms with Gasteiger partial charge >= 0.3 is 5.97 Å². The van der Waals surface area contributed by atoms with Crippen molar-refractivity contribution in [2.45, 2.75) is 52.2 Å². The van der Waals surface area contributed by atoms with E-state index in [1.807, 2.05) is 25.3 Å². The summed E-state index contributed by atoms with van der Waals surface area (Å²) in [5.74, 6) is -0.108. The lowest BCUT2D eigenvalue weighted by Gasteiger charge is -2.11. The fraction of sp³-hybridized carbons (Fsp3) is 0.643. The van der Waals surface area contributed by atoms with Gasteiger partial charge in [0.05, 0.1) is 12.7 Å². The quantitative estimate of drug-likeness (QED) is 0.572. The second kappa shape index (κ2) is 7.93. The lowest BCUT2D eigenvalue weighted by Crippen LogP contribution is -2.06. The summed E-state index contributed by atoms with van der Waals surface area (Å²) in [4.78, 5) is 11.1. The average Bonchev–Trinajstić information content (AvgIpc) is 2.77. The van der Waals surface area contributed by atoms with Gasteiger partial charge in [-0.3, -0.25) is 4.79 Å². The van der Waals surface area contributed by atoms with Crippen LogP contribution in [0.25, 0.3) is 0 Å². The molecule has 0 radical (unpaired) electrons. The Morgan fingerprint density at radius 1 is 1.44 bits per heavy atom. The first kappa shape index (κ1) is 14.8. The minimum absolute atomic E-state index is 0.108. The smallest absolute Gasteiger partial charge is 0.305 e. The monoisotopic (exact) mass is 253 g/mol. The van der Waals surface area contributed by atoms with E-state index in [0.29, 0.717) is 13.0 Å². The molecule has 1 atom stereocenters. The second-order valence-corrected chi connectivity index (χ2v) is 4.42. The van der Waals surface area contributed by atoms with Crippen molar-refractivity contribution in [3.05, 3.63) is 24.0 Å². The first-order chi connectivity index (χ1) is 8.65. The number of nitrogens with zero attached hydrogens (tertiary/aromatic N) is 1. The Bertz CT molecular complexity index is 358. The zero-order valence-corrected chi connectivity index (χ0v) is 11.3. The van der Waals surface area contributed by atoms with Gasteiger partial charge < -0.3 is 14.4 Å². The van der Waals surface area contributed by atoms with E-state index in [1.54, 1.807) is 6.92 Å². The molecule has 4 heteroatoms. The van der Waals surface area contributed by atoms with E-state index in [4.69, 9.17) is 4.74 Å². The van der Waals surface area contributed by atoms with Crippen LogP contribution >= 0.6 is 0 Å². The van der Waals surface area contributed by atoms with Crippen LogP contribution in [0.15, 0.2) is 18.3 Å². The number of aliphatic hydroxyl groups excluding tert-OH is 1. The zero-order chi connectivity index (χ0) is 13.4. The van der Waals surface area contributed by atoms with Gasteiger partial charge in [0.25, 0.3) is 0 Å². The number of ether oxygens (including phenoxy) is 1. The number of aromatic nitrogens is 1. The molecule has 0 saturated carbocycles. The number of carbonyl (C=O) groups excluding carboxylic acids is 1. The standard InChI is InChI=1S/C14H23NO3/c1-3-18-14(17)9-5-4-6-10-15-11-7-8-13(15)12(2)16/h7-8,11-12,16H,3-6,9-10H2,1-2H3. The molecule has 0 saturated heterocycles. The van der Waals surface area contributed by atoms with Gasteiger partial charge in [-0.25, -0.2) is 0 Å². The van der Waals surface area contributed by atoms with Crippen molar-refractivity contribution in [2.75, 3.05) is 6.61 Å². The molecule has 0 aliphatic heterocycles. The lowest BCUT2D eigenvalue weighted by molar-refractivity contribution is -0.143. The fourth-order valence-corrected chi connectivity index (χ4v) is 1.97. The van der Waals surface area contributed by atoms with Crippen molar-refractivity contribution in [2.24, 2.45) is 0 Å². The Hall–Kier alpha value is -1.29. The van der Waals surface area contributed by atoms with Gasteiger partial charge in [0.15, 0.2) is 0 Å². The highest BCUT2D eigenvalue weighted by Gasteiger charge is 2.06. The maximum atomic E-state index is 11.1. The third-order valence-electron chi connectivity index (χ3n) is 2.88. The molecule has 0 aromatic carbocycles. The number of unbranched alkanes of at least 4 members (excludes halogenated alkanes) is 2. The molecule has 1 N–H and O–H groups in total. The van der Waals surface area contributed by atoms with E-state index >= 15 is 0 Å². The maximum absolute atomic E-state index is 11.1. The van der Waals surface area contributed by atoms with Crippen molar-refractivity contribution < 1.29 is 14.6 Å². The molecule has 1 rings (SSSR count). The van der Waals surface area contributed by atoms with E-state index in [1.165, 1.54) is 0 Å². The Morgan fingerprint density at radius 3 is 2.89 bits per heavy atom. The third kappa shape index (κ3) is 4.92. The summed E-state index contributed by atoms with van der Waals surface area (Å²) in [7, 11) is 0. The number of esters is 1. The minimum Gasteiger partial charge on any atom is -0.466 e. The molecular weight excluding hydrogens is 230 g/mol. The topological polar surface area (TPSA) is 51.5 Å². The molecule has 0 amide bonds. The molecule has 1 unspecified atom stereocenters. The van der Waals surface area contributed by atoms with Gasteiger partial charge in [-0.15, -0.1) is 0 Å². The van der Waals surface area contributed by atoms with Gasteiger partial charge in [0, 0.05) is 24.9 Å². The van der Waals surface area contributed by atoms with E-state index in [-0.39, 0.29) is 5.97 Å². The third-order valence-corrected chi connectivity index (χ3v) is 2.88. The first-order valence-corrected chi connectivity index (χ1v) is 6.64. The first-order valence-electron chi connectivity index (χ1n) is 6.64. The van der Waals surface area contributed by atoms with Crippen LogP contribution < -0.4 is 0 Å². The number of rotatable bonds is 8. The van der Waals surface area contributed by atoms with Gasteiger partial charge in [-0.2, -0.15) is 0 Å². The van der Waals surface area contributed by atoms with Crippen LogP contribution in [0.4, 0.5) is 0 Å². The van der Waals surface area contributed by atoms with Gasteiger partial charge in [-0.05, 0) is 38.8 Å². The van der Waals surface area contributed by atoms with Crippen LogP contribution in [0.5, 0.6) is 0 Å². The Morgan fingerprint density at radius 2 is 2.22 bits per heavy atom. The molecular formula is C14H23NO3. The normalized spacial score (nSPS) is 12.4. The van der Waals surface area contributed by atoms with Crippen molar-refractivity contribution in [1.29, 1.82) is 0 Å². The van der Waals surface area contributed by atoms with Crippen molar-refractivity contribution in [3.8, 4) is 0 Å². The zero-order valence-electron chi connectivity index (χ0n) is 11.3. The van der Waals surface area contributed by atoms with Gasteiger partial charge in [0.2, 0.25) is 0 Å². The van der Waals surface area contributed by atoms with E-state index < -0.39 is 6.10 Å². The Labute approximate surface area is 109 Å². The molecule has 0 aliphatic rings. The highest BCUT2D eigenvalue weighted by Crippen LogP contribution is 2.14. The molecule has 0 fully saturated rings. The summed E-state index contributed by atoms with van der Waals surface area (Å²) >= 11 is 0. The summed E-state index contributed by atoms with van der Waals surface area (Å²) in [6, 6.07) is 3.88. The predicted octanol–water partition coefficient (Wildman–Crippen LogP) is 2.66. The molecule has 0 bridgehead atoms. The highest BCUT2D eigenvalue weighted by molar-refractivity contribution is 5.69. The van der Waals surface area contributed by atoms with Gasteiger partial charge in [0.1, 0.15) is 0 Å². The largest absolute Gasteiger partial charge is 0.466 e. The predicted molar refractivity (Wildman–Crippen MR) is 70.2 cm³/mol. The summed E-state index contributed by atoms with van der Waals surface area (Å²) in [5, 5.41) is 9.55. The summed E-state index contributed by atoms with van der Waals surface area (Å²) in [6.07, 6.45) is 4.92. The molecule has 1 aromatic heterocycles. The second-order valence-electron chi connectivity index (χ2n) is 4.42. The van der Waals surface area contributed by atoms with E-state index in [9.17, 15) is 9.90 Å². The molecule has 1 aromatic rings. The van der Waals surface area contributed by atoms with Crippen LogP contribution in [-0.2, 0) is 16.1 Å². The molecule has 0 spiro atoms. The van der Waals surface area contributed by atoms with Crippen LogP contribution in [0, 0.1) is 0 Å². The SMILES string of the molecule is CCOC(=O)CCCCCn1cccc1C(C)O. The molecule has 0 aliphatic carbocycles. The van der Waals surface area contributed by atoms with Crippen LogP contribution in [0.3, 0.4) is 0 Å². The van der Waals surface area contributed by atoms with Crippen molar-refractivity contribution >= 4 is 5.97 Å². The number of aliphatic hydroxyl groups is 1. The lowest BCUT2D eigenvalue weighted by atomic mass is 10.2. The number of carbonyl (C=O) groups is 1. The number of hydrogen-bond acceptors (Lipinski definition) is 3. The average molecular weight is 253 g/mol. The molecule has 102 valence electrons. The minimum atomic E-state index is -0.431. The van der Waals surface area contributed by atoms with Crippen LogP contribution in [0.2, 0.25) is 0 Å². The number of hydrogen-bond donors (Lipinski definition) is 1. The summed E-state index contributed by atoms with van der Waals surface area (Å²) in [6.45, 7) is 4.93. The van der Waals surface area contributed by atoms with Crippen LogP contribution in [-0.4, -0.2) is 22.2 Å². The van der Waals surface area contributed by atoms with E-state index in [2.05, 4.69) is 4.57 Å². The van der Waals surface area contributed by atoms with E-state index in [0.717, 1.165) is 31.5 Å². The number of aryl methyl sites for hydroxylation is 1. The Kier molecular flexibility index (Phi) is 6.50. The Balaban J connectivity index is 2.18. The van der Waals surface area contributed by atoms with Gasteiger partial charge in [-0.1, -0.05) is 6.42 Å². The highest BCUT2D eigenvalue weighted by atomic mass is 16.5. The maximum Gasteiger partial charge on any atom is 0.305 e. The molecule has 1 heterocycles. The fourth-order valence-electron chi connectivity index (χ4n) is 1.97.